The Kier molecular flexibility index (Phi) is 5.59. The number of nitriles is 1. The van der Waals surface area contributed by atoms with Crippen LogP contribution in [-0.4, -0.2) is 5.71 Å². The first-order valence-electron chi connectivity index (χ1n) is 7.19. The Bertz CT molecular complexity index is 776. The molecule has 0 saturated carbocycles. The van der Waals surface area contributed by atoms with Gasteiger partial charge in [0.1, 0.15) is 6.61 Å². The summed E-state index contributed by atoms with van der Waals surface area (Å²) in [5.74, 6) is 0. The van der Waals surface area contributed by atoms with Crippen LogP contribution in [0.4, 0.5) is 13.2 Å². The molecule has 6 heteroatoms. The number of alkyl halides is 3. The largest absolute Gasteiger partial charge is 0.416 e. The van der Waals surface area contributed by atoms with Crippen molar-refractivity contribution in [3.8, 4) is 6.07 Å². The third-order valence-electron chi connectivity index (χ3n) is 3.42. The van der Waals surface area contributed by atoms with Crippen LogP contribution in [0.25, 0.3) is 0 Å². The van der Waals surface area contributed by atoms with Gasteiger partial charge >= 0.3 is 6.18 Å². The second kappa shape index (κ2) is 7.64. The topological polar surface area (TPSA) is 45.4 Å². The van der Waals surface area contributed by atoms with E-state index in [2.05, 4.69) is 11.2 Å². The quantitative estimate of drug-likeness (QED) is 0.588. The zero-order valence-corrected chi connectivity index (χ0v) is 13.0. The van der Waals surface area contributed by atoms with Gasteiger partial charge in [0.15, 0.2) is 0 Å². The maximum absolute atomic E-state index is 12.7. The predicted molar refractivity (Wildman–Crippen MR) is 84.2 cm³/mol. The Hall–Kier alpha value is -2.81. The van der Waals surface area contributed by atoms with Crippen molar-refractivity contribution in [1.29, 1.82) is 5.26 Å². The lowest BCUT2D eigenvalue weighted by molar-refractivity contribution is -0.137. The minimum Gasteiger partial charge on any atom is -0.391 e. The lowest BCUT2D eigenvalue weighted by Crippen LogP contribution is -2.07. The Balaban J connectivity index is 2.09. The molecule has 24 heavy (non-hydrogen) atoms. The van der Waals surface area contributed by atoms with E-state index in [0.29, 0.717) is 11.3 Å². The third-order valence-corrected chi connectivity index (χ3v) is 3.42. The minimum absolute atomic E-state index is 0.147. The summed E-state index contributed by atoms with van der Waals surface area (Å²) in [5, 5.41) is 12.7. The number of benzene rings is 2. The van der Waals surface area contributed by atoms with Crippen molar-refractivity contribution >= 4 is 5.71 Å². The van der Waals surface area contributed by atoms with E-state index in [4.69, 9.17) is 10.1 Å². The van der Waals surface area contributed by atoms with Crippen LogP contribution in [0, 0.1) is 11.3 Å². The number of oxime groups is 1. The van der Waals surface area contributed by atoms with Gasteiger partial charge < -0.3 is 4.84 Å². The van der Waals surface area contributed by atoms with Crippen LogP contribution in [-0.2, 0) is 24.0 Å². The van der Waals surface area contributed by atoms with Gasteiger partial charge in [-0.15, -0.1) is 0 Å². The molecule has 0 aliphatic rings. The molecule has 0 bridgehead atoms. The highest BCUT2D eigenvalue weighted by Crippen LogP contribution is 2.29. The molecular formula is C18H15F3N2O. The fourth-order valence-electron chi connectivity index (χ4n) is 2.13. The molecule has 0 spiro atoms. The normalized spacial score (nSPS) is 11.9. The van der Waals surface area contributed by atoms with Gasteiger partial charge in [0.05, 0.1) is 23.8 Å². The summed E-state index contributed by atoms with van der Waals surface area (Å²) in [4.78, 5) is 5.25. The highest BCUT2D eigenvalue weighted by Gasteiger charge is 2.30. The van der Waals surface area contributed by atoms with Crippen LogP contribution in [0.15, 0.2) is 53.7 Å². The first-order chi connectivity index (χ1) is 11.4. The van der Waals surface area contributed by atoms with Crippen LogP contribution in [0.5, 0.6) is 0 Å². The number of nitrogens with zero attached hydrogens (tertiary/aromatic N) is 2. The van der Waals surface area contributed by atoms with Crippen molar-refractivity contribution in [2.45, 2.75) is 26.1 Å². The van der Waals surface area contributed by atoms with Gasteiger partial charge in [-0.1, -0.05) is 41.6 Å². The number of halogens is 3. The van der Waals surface area contributed by atoms with Gasteiger partial charge in [0, 0.05) is 0 Å². The fraction of sp³-hybridized carbons (Fsp3) is 0.222. The van der Waals surface area contributed by atoms with E-state index in [9.17, 15) is 13.2 Å². The Morgan fingerprint density at radius 2 is 1.83 bits per heavy atom. The maximum atomic E-state index is 12.7. The fourth-order valence-corrected chi connectivity index (χ4v) is 2.13. The third kappa shape index (κ3) is 4.59. The zero-order valence-electron chi connectivity index (χ0n) is 13.0. The van der Waals surface area contributed by atoms with E-state index in [1.54, 1.807) is 13.0 Å². The summed E-state index contributed by atoms with van der Waals surface area (Å²) in [6.07, 6.45) is -4.14. The summed E-state index contributed by atoms with van der Waals surface area (Å²) in [6, 6.07) is 14.3. The molecule has 0 heterocycles. The second-order valence-corrected chi connectivity index (χ2v) is 5.13. The van der Waals surface area contributed by atoms with E-state index in [-0.39, 0.29) is 13.0 Å². The molecule has 0 radical (unpaired) electrons. The molecule has 3 nitrogen and oxygen atoms in total. The van der Waals surface area contributed by atoms with E-state index < -0.39 is 11.7 Å². The Morgan fingerprint density at radius 3 is 2.50 bits per heavy atom. The molecule has 0 aliphatic carbocycles. The van der Waals surface area contributed by atoms with Crippen LogP contribution >= 0.6 is 0 Å². The zero-order chi connectivity index (χ0) is 17.6. The average molecular weight is 332 g/mol. The SMILES string of the molecule is C/C(=N/OCc1ccccc1CC#N)c1cccc(C(F)(F)F)c1. The molecule has 124 valence electrons. The molecule has 2 aromatic rings. The summed E-state index contributed by atoms with van der Waals surface area (Å²) in [5.41, 5.74) is 1.62. The van der Waals surface area contributed by atoms with Gasteiger partial charge in [0.25, 0.3) is 0 Å². The number of hydrogen-bond donors (Lipinski definition) is 0. The predicted octanol–water partition coefficient (Wildman–Crippen LogP) is 4.71. The molecule has 2 rings (SSSR count). The maximum Gasteiger partial charge on any atom is 0.416 e. The van der Waals surface area contributed by atoms with E-state index in [0.717, 1.165) is 23.3 Å². The van der Waals surface area contributed by atoms with Gasteiger partial charge in [-0.05, 0) is 35.7 Å². The summed E-state index contributed by atoms with van der Waals surface area (Å²) < 4.78 is 38.2. The van der Waals surface area contributed by atoms with Gasteiger partial charge in [-0.3, -0.25) is 0 Å². The van der Waals surface area contributed by atoms with Crippen molar-refractivity contribution in [3.63, 3.8) is 0 Å². The van der Waals surface area contributed by atoms with Crippen molar-refractivity contribution < 1.29 is 18.0 Å². The molecule has 0 atom stereocenters. The monoisotopic (exact) mass is 332 g/mol. The van der Waals surface area contributed by atoms with Crippen molar-refractivity contribution in [1.82, 2.24) is 0 Å². The molecule has 0 aromatic heterocycles. The van der Waals surface area contributed by atoms with Crippen molar-refractivity contribution in [3.05, 3.63) is 70.8 Å². The van der Waals surface area contributed by atoms with Crippen LogP contribution < -0.4 is 0 Å². The molecule has 0 N–H and O–H groups in total. The lowest BCUT2D eigenvalue weighted by atomic mass is 10.1. The Labute approximate surface area is 138 Å². The van der Waals surface area contributed by atoms with Gasteiger partial charge in [-0.25, -0.2) is 0 Å². The molecule has 2 aromatic carbocycles. The van der Waals surface area contributed by atoms with Crippen molar-refractivity contribution in [2.24, 2.45) is 5.16 Å². The summed E-state index contributed by atoms with van der Waals surface area (Å²) >= 11 is 0. The molecule has 0 aliphatic heterocycles. The van der Waals surface area contributed by atoms with E-state index in [1.807, 2.05) is 24.3 Å². The molecule has 0 amide bonds. The second-order valence-electron chi connectivity index (χ2n) is 5.13. The Morgan fingerprint density at radius 1 is 1.12 bits per heavy atom. The highest BCUT2D eigenvalue weighted by atomic mass is 19.4. The van der Waals surface area contributed by atoms with Gasteiger partial charge in [0.2, 0.25) is 0 Å². The minimum atomic E-state index is -4.40. The van der Waals surface area contributed by atoms with Crippen molar-refractivity contribution in [2.75, 3.05) is 0 Å². The van der Waals surface area contributed by atoms with Crippen LogP contribution in [0.2, 0.25) is 0 Å². The first kappa shape index (κ1) is 17.5. The average Bonchev–Trinajstić information content (AvgIpc) is 2.56. The first-order valence-corrected chi connectivity index (χ1v) is 7.19. The van der Waals surface area contributed by atoms with Gasteiger partial charge in [-0.2, -0.15) is 18.4 Å². The molecule has 0 saturated heterocycles. The smallest absolute Gasteiger partial charge is 0.391 e. The highest BCUT2D eigenvalue weighted by molar-refractivity contribution is 5.98. The number of hydrogen-bond acceptors (Lipinski definition) is 3. The molecule has 0 unspecified atom stereocenters. The van der Waals surface area contributed by atoms with E-state index >= 15 is 0 Å². The van der Waals surface area contributed by atoms with Crippen LogP contribution in [0.1, 0.15) is 29.2 Å². The van der Waals surface area contributed by atoms with E-state index in [1.165, 1.54) is 6.07 Å². The summed E-state index contributed by atoms with van der Waals surface area (Å²) in [6.45, 7) is 1.73. The lowest BCUT2D eigenvalue weighted by Gasteiger charge is -2.09. The molecular weight excluding hydrogens is 317 g/mol. The molecule has 0 fully saturated rings. The standard InChI is InChI=1S/C18H15F3N2O/c1-13(15-7-4-8-17(11-15)18(19,20)21)23-24-12-16-6-3-2-5-14(16)9-10-22/h2-8,11H,9,12H2,1H3/b23-13-. The number of rotatable bonds is 5. The summed E-state index contributed by atoms with van der Waals surface area (Å²) in [7, 11) is 0. The van der Waals surface area contributed by atoms with Crippen LogP contribution in [0.3, 0.4) is 0 Å².